The number of hydrogen-bond acceptors (Lipinski definition) is 5. The highest BCUT2D eigenvalue weighted by molar-refractivity contribution is 6.11. The van der Waals surface area contributed by atoms with Gasteiger partial charge in [-0.3, -0.25) is 19.4 Å². The molecule has 6 nitrogen and oxygen atoms in total. The first-order valence-electron chi connectivity index (χ1n) is 12.5. The highest BCUT2D eigenvalue weighted by Crippen LogP contribution is 2.64. The van der Waals surface area contributed by atoms with E-state index in [1.807, 2.05) is 36.9 Å². The molecule has 4 aliphatic rings. The summed E-state index contributed by atoms with van der Waals surface area (Å²) in [4.78, 5) is 45.5. The molecule has 2 heterocycles. The van der Waals surface area contributed by atoms with E-state index >= 15 is 0 Å². The van der Waals surface area contributed by atoms with Gasteiger partial charge in [0.1, 0.15) is 23.6 Å². The molecule has 1 aromatic carbocycles. The first kappa shape index (κ1) is 22.2. The maximum absolute atomic E-state index is 13.4. The van der Waals surface area contributed by atoms with E-state index in [0.717, 1.165) is 66.7 Å². The molecule has 3 aliphatic carbocycles. The molecule has 1 aromatic heterocycles. The van der Waals surface area contributed by atoms with Gasteiger partial charge in [-0.05, 0) is 85.9 Å². The molecule has 0 unspecified atom stereocenters. The third-order valence-corrected chi connectivity index (χ3v) is 8.60. The van der Waals surface area contributed by atoms with Crippen LogP contribution in [0, 0.1) is 41.9 Å². The fraction of sp³-hybridized carbons (Fsp3) is 0.483. The van der Waals surface area contributed by atoms with Crippen LogP contribution in [0.2, 0.25) is 0 Å². The van der Waals surface area contributed by atoms with E-state index < -0.39 is 5.92 Å². The second-order valence-corrected chi connectivity index (χ2v) is 11.6. The van der Waals surface area contributed by atoms with Crippen molar-refractivity contribution in [2.75, 3.05) is 13.1 Å². The van der Waals surface area contributed by atoms with Gasteiger partial charge in [0.2, 0.25) is 5.91 Å². The molecule has 1 aliphatic heterocycles. The SMILES string of the molecule is Cc1cc(-c2ccc(C#N)cn2)cc(C)c1C1C(=O)CC2(CC1=O)CC1(CN(C(=O)C3CC3)C1)C2. The summed E-state index contributed by atoms with van der Waals surface area (Å²) < 4.78 is 0. The minimum absolute atomic E-state index is 0.0387. The number of pyridine rings is 1. The molecule has 6 heteroatoms. The first-order valence-corrected chi connectivity index (χ1v) is 12.5. The molecule has 0 radical (unpaired) electrons. The van der Waals surface area contributed by atoms with Gasteiger partial charge < -0.3 is 4.90 Å². The molecule has 2 aromatic rings. The highest BCUT2D eigenvalue weighted by atomic mass is 16.2. The third kappa shape index (κ3) is 3.60. The van der Waals surface area contributed by atoms with E-state index in [4.69, 9.17) is 5.26 Å². The third-order valence-electron chi connectivity index (χ3n) is 8.60. The summed E-state index contributed by atoms with van der Waals surface area (Å²) >= 11 is 0. The van der Waals surface area contributed by atoms with Crippen LogP contribution in [0.1, 0.15) is 66.7 Å². The zero-order valence-corrected chi connectivity index (χ0v) is 20.3. The molecule has 35 heavy (non-hydrogen) atoms. The summed E-state index contributed by atoms with van der Waals surface area (Å²) in [5.74, 6) is -0.0494. The molecular weight excluding hydrogens is 438 g/mol. The zero-order chi connectivity index (χ0) is 24.5. The molecule has 1 saturated heterocycles. The number of ketones is 2. The van der Waals surface area contributed by atoms with Crippen LogP contribution in [0.5, 0.6) is 0 Å². The lowest BCUT2D eigenvalue weighted by Crippen LogP contribution is -2.68. The molecule has 178 valence electrons. The predicted molar refractivity (Wildman–Crippen MR) is 129 cm³/mol. The Kier molecular flexibility index (Phi) is 4.80. The molecule has 6 rings (SSSR count). The Morgan fingerprint density at radius 1 is 1.03 bits per heavy atom. The van der Waals surface area contributed by atoms with Crippen molar-refractivity contribution in [3.63, 3.8) is 0 Å². The number of Topliss-reactive ketones (excluding diaryl/α,β-unsaturated/α-hetero) is 2. The van der Waals surface area contributed by atoms with Crippen molar-refractivity contribution in [1.29, 1.82) is 5.26 Å². The van der Waals surface area contributed by atoms with Gasteiger partial charge in [-0.15, -0.1) is 0 Å². The van der Waals surface area contributed by atoms with E-state index in [-0.39, 0.29) is 28.3 Å². The van der Waals surface area contributed by atoms with Crippen LogP contribution in [0.3, 0.4) is 0 Å². The summed E-state index contributed by atoms with van der Waals surface area (Å²) in [5.41, 5.74) is 4.80. The quantitative estimate of drug-likeness (QED) is 0.629. The number of hydrogen-bond donors (Lipinski definition) is 0. The molecule has 1 amide bonds. The predicted octanol–water partition coefficient (Wildman–Crippen LogP) is 4.27. The van der Waals surface area contributed by atoms with Crippen LogP contribution >= 0.6 is 0 Å². The highest BCUT2D eigenvalue weighted by Gasteiger charge is 2.64. The van der Waals surface area contributed by atoms with Gasteiger partial charge in [0.25, 0.3) is 0 Å². The van der Waals surface area contributed by atoms with Gasteiger partial charge in [-0.25, -0.2) is 0 Å². The fourth-order valence-electron chi connectivity index (χ4n) is 7.24. The lowest BCUT2D eigenvalue weighted by Gasteiger charge is -2.65. The number of amides is 1. The lowest BCUT2D eigenvalue weighted by molar-refractivity contribution is -0.180. The molecular formula is C29H29N3O3. The molecule has 0 atom stereocenters. The Bertz CT molecular complexity index is 1260. The maximum Gasteiger partial charge on any atom is 0.225 e. The number of likely N-dealkylation sites (tertiary alicyclic amines) is 1. The number of aromatic nitrogens is 1. The van der Waals surface area contributed by atoms with Crippen molar-refractivity contribution in [2.45, 2.75) is 58.3 Å². The van der Waals surface area contributed by atoms with E-state index in [2.05, 4.69) is 11.1 Å². The van der Waals surface area contributed by atoms with E-state index in [9.17, 15) is 14.4 Å². The van der Waals surface area contributed by atoms with Crippen molar-refractivity contribution in [3.8, 4) is 17.3 Å². The minimum Gasteiger partial charge on any atom is -0.341 e. The van der Waals surface area contributed by atoms with Gasteiger partial charge in [0, 0.05) is 49.0 Å². The van der Waals surface area contributed by atoms with Crippen LogP contribution in [-0.2, 0) is 14.4 Å². The molecule has 4 fully saturated rings. The van der Waals surface area contributed by atoms with Crippen LogP contribution in [0.4, 0.5) is 0 Å². The second kappa shape index (κ2) is 7.58. The van der Waals surface area contributed by atoms with Crippen LogP contribution in [0.15, 0.2) is 30.5 Å². The Morgan fingerprint density at radius 2 is 1.66 bits per heavy atom. The summed E-state index contributed by atoms with van der Waals surface area (Å²) in [5, 5.41) is 9.01. The monoisotopic (exact) mass is 467 g/mol. The number of aryl methyl sites for hydroxylation is 2. The zero-order valence-electron chi connectivity index (χ0n) is 20.3. The average molecular weight is 468 g/mol. The number of nitrogens with zero attached hydrogens (tertiary/aromatic N) is 3. The smallest absolute Gasteiger partial charge is 0.225 e. The van der Waals surface area contributed by atoms with Crippen LogP contribution < -0.4 is 0 Å². The minimum atomic E-state index is -0.686. The van der Waals surface area contributed by atoms with Crippen molar-refractivity contribution in [1.82, 2.24) is 9.88 Å². The molecule has 0 N–H and O–H groups in total. The van der Waals surface area contributed by atoms with Gasteiger partial charge in [0.15, 0.2) is 0 Å². The van der Waals surface area contributed by atoms with E-state index in [0.29, 0.717) is 24.3 Å². The number of nitriles is 1. The van der Waals surface area contributed by atoms with Crippen molar-refractivity contribution in [3.05, 3.63) is 52.7 Å². The normalized spacial score (nSPS) is 22.6. The first-order chi connectivity index (χ1) is 16.7. The van der Waals surface area contributed by atoms with Gasteiger partial charge in [-0.2, -0.15) is 5.26 Å². The number of rotatable bonds is 3. The lowest BCUT2D eigenvalue weighted by atomic mass is 9.45. The summed E-state index contributed by atoms with van der Waals surface area (Å²) in [6, 6.07) is 9.61. The summed E-state index contributed by atoms with van der Waals surface area (Å²) in [6.45, 7) is 5.52. The fourth-order valence-corrected chi connectivity index (χ4v) is 7.24. The van der Waals surface area contributed by atoms with Crippen LogP contribution in [-0.4, -0.2) is 40.4 Å². The summed E-state index contributed by atoms with van der Waals surface area (Å²) in [6.07, 6.45) is 6.30. The van der Waals surface area contributed by atoms with Gasteiger partial charge in [-0.1, -0.05) is 0 Å². The van der Waals surface area contributed by atoms with E-state index in [1.165, 1.54) is 0 Å². The van der Waals surface area contributed by atoms with E-state index in [1.54, 1.807) is 12.3 Å². The second-order valence-electron chi connectivity index (χ2n) is 11.6. The largest absolute Gasteiger partial charge is 0.341 e. The summed E-state index contributed by atoms with van der Waals surface area (Å²) in [7, 11) is 0. The van der Waals surface area contributed by atoms with Gasteiger partial charge >= 0.3 is 0 Å². The topological polar surface area (TPSA) is 91.1 Å². The van der Waals surface area contributed by atoms with Crippen molar-refractivity contribution in [2.24, 2.45) is 16.7 Å². The molecule has 0 bridgehead atoms. The average Bonchev–Trinajstić information content (AvgIpc) is 3.62. The Hall–Kier alpha value is -3.33. The molecule has 3 saturated carbocycles. The molecule has 2 spiro atoms. The van der Waals surface area contributed by atoms with Crippen LogP contribution in [0.25, 0.3) is 11.3 Å². The Labute approximate surface area is 205 Å². The number of carbonyl (C=O) groups is 3. The van der Waals surface area contributed by atoms with Crippen molar-refractivity contribution >= 4 is 17.5 Å². The number of carbonyl (C=O) groups excluding carboxylic acids is 3. The number of benzene rings is 1. The Balaban J connectivity index is 1.17. The standard InChI is InChI=1S/C29H29N3O3/c1-17-7-21(22-6-3-19(11-30)12-31-22)8-18(2)25(17)26-23(33)9-28(10-24(26)34)13-29(14-28)15-32(16-29)27(35)20-4-5-20/h3,6-8,12,20,26H,4-5,9-10,13-16H2,1-2H3. The van der Waals surface area contributed by atoms with Gasteiger partial charge in [0.05, 0.1) is 11.3 Å². The Morgan fingerprint density at radius 3 is 2.17 bits per heavy atom. The van der Waals surface area contributed by atoms with Crippen molar-refractivity contribution < 1.29 is 14.4 Å². The maximum atomic E-state index is 13.4.